The summed E-state index contributed by atoms with van der Waals surface area (Å²) in [4.78, 5) is 13.7. The molecule has 1 aliphatic heterocycles. The fourth-order valence-electron chi connectivity index (χ4n) is 2.49. The summed E-state index contributed by atoms with van der Waals surface area (Å²) in [5.41, 5.74) is 8.14. The van der Waals surface area contributed by atoms with Crippen molar-refractivity contribution in [1.29, 1.82) is 0 Å². The predicted octanol–water partition coefficient (Wildman–Crippen LogP) is 2.91. The topological polar surface area (TPSA) is 71.5 Å². The molecule has 0 saturated carbocycles. The van der Waals surface area contributed by atoms with E-state index in [2.05, 4.69) is 10.2 Å². The second-order valence-electron chi connectivity index (χ2n) is 4.95. The Morgan fingerprint density at radius 2 is 2.29 bits per heavy atom. The molecule has 2 heterocycles. The van der Waals surface area contributed by atoms with Crippen molar-refractivity contribution in [3.63, 3.8) is 0 Å². The molecular weight excluding hydrogens is 290 g/mol. The Kier molecular flexibility index (Phi) is 3.61. The van der Waals surface area contributed by atoms with E-state index in [4.69, 9.17) is 21.8 Å². The Bertz CT molecular complexity index is 670. The van der Waals surface area contributed by atoms with Gasteiger partial charge in [0.25, 0.3) is 0 Å². The third kappa shape index (κ3) is 2.50. The highest BCUT2D eigenvalue weighted by Gasteiger charge is 2.29. The van der Waals surface area contributed by atoms with Gasteiger partial charge in [0.15, 0.2) is 0 Å². The summed E-state index contributed by atoms with van der Waals surface area (Å²) in [5, 5.41) is 3.36. The number of hydrogen-bond acceptors (Lipinski definition) is 4. The summed E-state index contributed by atoms with van der Waals surface area (Å²) in [7, 11) is 0. The number of carbonyl (C=O) groups is 1. The van der Waals surface area contributed by atoms with Gasteiger partial charge in [0.05, 0.1) is 23.5 Å². The Morgan fingerprint density at radius 1 is 1.48 bits per heavy atom. The van der Waals surface area contributed by atoms with Gasteiger partial charge < -0.3 is 20.4 Å². The quantitative estimate of drug-likeness (QED) is 0.911. The average molecular weight is 306 g/mol. The van der Waals surface area contributed by atoms with E-state index >= 15 is 0 Å². The standard InChI is InChI=1S/C15H16ClN3O2/c1-2-19(8-9-4-3-5-21-9)13-7-12-10(6-11(13)16)14(17)15(20)18-12/h3-7,14H,2,8,17H2,1H3,(H,18,20). The summed E-state index contributed by atoms with van der Waals surface area (Å²) < 4.78 is 5.38. The van der Waals surface area contributed by atoms with E-state index < -0.39 is 6.04 Å². The fourth-order valence-corrected chi connectivity index (χ4v) is 2.79. The van der Waals surface area contributed by atoms with Crippen LogP contribution in [-0.2, 0) is 11.3 Å². The summed E-state index contributed by atoms with van der Waals surface area (Å²) in [5.74, 6) is 0.654. The average Bonchev–Trinajstić information content (AvgIpc) is 3.06. The molecule has 0 saturated heterocycles. The molecule has 1 unspecified atom stereocenters. The number of rotatable bonds is 4. The third-order valence-electron chi connectivity index (χ3n) is 3.64. The van der Waals surface area contributed by atoms with E-state index in [0.717, 1.165) is 29.2 Å². The first-order valence-corrected chi connectivity index (χ1v) is 7.15. The van der Waals surface area contributed by atoms with Crippen LogP contribution in [0.3, 0.4) is 0 Å². The second-order valence-corrected chi connectivity index (χ2v) is 5.36. The number of amides is 1. The number of fused-ring (bicyclic) bond motifs is 1. The highest BCUT2D eigenvalue weighted by Crippen LogP contribution is 2.38. The molecule has 1 aromatic carbocycles. The molecule has 0 spiro atoms. The van der Waals surface area contributed by atoms with Gasteiger partial charge in [-0.25, -0.2) is 0 Å². The van der Waals surface area contributed by atoms with E-state index in [-0.39, 0.29) is 5.91 Å². The second kappa shape index (κ2) is 5.42. The minimum atomic E-state index is -0.647. The van der Waals surface area contributed by atoms with Crippen molar-refractivity contribution in [2.45, 2.75) is 19.5 Å². The molecule has 0 aliphatic carbocycles. The van der Waals surface area contributed by atoms with Crippen LogP contribution in [0.15, 0.2) is 34.9 Å². The van der Waals surface area contributed by atoms with Crippen molar-refractivity contribution < 1.29 is 9.21 Å². The first kappa shape index (κ1) is 14.0. The van der Waals surface area contributed by atoms with E-state index in [9.17, 15) is 4.79 Å². The Balaban J connectivity index is 1.94. The molecule has 0 radical (unpaired) electrons. The SMILES string of the molecule is CCN(Cc1ccco1)c1cc2c(cc1Cl)C(N)C(=O)N2. The molecule has 5 nitrogen and oxygen atoms in total. The zero-order valence-electron chi connectivity index (χ0n) is 11.6. The number of anilines is 2. The number of nitrogens with one attached hydrogen (secondary N) is 1. The van der Waals surface area contributed by atoms with Crippen LogP contribution < -0.4 is 16.0 Å². The number of benzene rings is 1. The van der Waals surface area contributed by atoms with Crippen molar-refractivity contribution in [3.05, 3.63) is 46.9 Å². The Labute approximate surface area is 127 Å². The maximum atomic E-state index is 11.6. The maximum absolute atomic E-state index is 11.6. The van der Waals surface area contributed by atoms with E-state index in [1.165, 1.54) is 0 Å². The first-order valence-electron chi connectivity index (χ1n) is 6.77. The van der Waals surface area contributed by atoms with Gasteiger partial charge in [0, 0.05) is 17.8 Å². The van der Waals surface area contributed by atoms with E-state index in [0.29, 0.717) is 11.6 Å². The fraction of sp³-hybridized carbons (Fsp3) is 0.267. The normalized spacial score (nSPS) is 16.7. The molecule has 1 aromatic heterocycles. The van der Waals surface area contributed by atoms with E-state index in [1.54, 1.807) is 12.3 Å². The van der Waals surface area contributed by atoms with Crippen LogP contribution >= 0.6 is 11.6 Å². The van der Waals surface area contributed by atoms with Crippen molar-refractivity contribution in [2.24, 2.45) is 5.73 Å². The van der Waals surface area contributed by atoms with Crippen molar-refractivity contribution in [3.8, 4) is 0 Å². The zero-order valence-corrected chi connectivity index (χ0v) is 12.4. The van der Waals surface area contributed by atoms with Crippen molar-refractivity contribution in [1.82, 2.24) is 0 Å². The molecule has 1 atom stereocenters. The van der Waals surface area contributed by atoms with Crippen molar-refractivity contribution in [2.75, 3.05) is 16.8 Å². The molecule has 6 heteroatoms. The lowest BCUT2D eigenvalue weighted by Gasteiger charge is -2.24. The number of halogens is 1. The summed E-state index contributed by atoms with van der Waals surface area (Å²) >= 11 is 6.37. The van der Waals surface area contributed by atoms with Crippen LogP contribution in [0.4, 0.5) is 11.4 Å². The monoisotopic (exact) mass is 305 g/mol. The van der Waals surface area contributed by atoms with Gasteiger partial charge in [0.2, 0.25) is 5.91 Å². The Hall–Kier alpha value is -1.98. The number of furan rings is 1. The number of hydrogen-bond donors (Lipinski definition) is 2. The lowest BCUT2D eigenvalue weighted by molar-refractivity contribution is -0.116. The molecule has 2 aromatic rings. The number of nitrogens with zero attached hydrogens (tertiary/aromatic N) is 1. The number of carbonyl (C=O) groups excluding carboxylic acids is 1. The molecule has 3 N–H and O–H groups in total. The molecule has 0 fully saturated rings. The van der Waals surface area contributed by atoms with Gasteiger partial charge >= 0.3 is 0 Å². The minimum absolute atomic E-state index is 0.202. The van der Waals surface area contributed by atoms with Crippen molar-refractivity contribution >= 4 is 28.9 Å². The molecular formula is C15H16ClN3O2. The van der Waals surface area contributed by atoms with Crippen LogP contribution in [0.2, 0.25) is 5.02 Å². The van der Waals surface area contributed by atoms with Gasteiger partial charge in [-0.3, -0.25) is 4.79 Å². The predicted molar refractivity (Wildman–Crippen MR) is 82.4 cm³/mol. The molecule has 110 valence electrons. The first-order chi connectivity index (χ1) is 10.1. The highest BCUT2D eigenvalue weighted by atomic mass is 35.5. The zero-order chi connectivity index (χ0) is 15.0. The summed E-state index contributed by atoms with van der Waals surface area (Å²) in [6.45, 7) is 3.41. The van der Waals surface area contributed by atoms with E-state index in [1.807, 2.05) is 25.1 Å². The molecule has 3 rings (SSSR count). The molecule has 1 aliphatic rings. The van der Waals surface area contributed by atoms with Gasteiger partial charge in [-0.2, -0.15) is 0 Å². The molecule has 21 heavy (non-hydrogen) atoms. The van der Waals surface area contributed by atoms with Crippen LogP contribution in [0.5, 0.6) is 0 Å². The van der Waals surface area contributed by atoms with Crippen LogP contribution in [-0.4, -0.2) is 12.5 Å². The highest BCUT2D eigenvalue weighted by molar-refractivity contribution is 6.33. The number of nitrogens with two attached hydrogens (primary N) is 1. The Morgan fingerprint density at radius 3 is 2.95 bits per heavy atom. The maximum Gasteiger partial charge on any atom is 0.245 e. The molecule has 1 amide bonds. The molecule has 0 bridgehead atoms. The van der Waals surface area contributed by atoms with Crippen LogP contribution in [0.25, 0.3) is 0 Å². The summed E-state index contributed by atoms with van der Waals surface area (Å²) in [6, 6.07) is 6.76. The lowest BCUT2D eigenvalue weighted by Crippen LogP contribution is -2.22. The van der Waals surface area contributed by atoms with Gasteiger partial charge in [-0.05, 0) is 31.2 Å². The van der Waals surface area contributed by atoms with Crippen LogP contribution in [0.1, 0.15) is 24.3 Å². The smallest absolute Gasteiger partial charge is 0.245 e. The van der Waals surface area contributed by atoms with Gasteiger partial charge in [-0.15, -0.1) is 0 Å². The minimum Gasteiger partial charge on any atom is -0.467 e. The third-order valence-corrected chi connectivity index (χ3v) is 3.95. The van der Waals surface area contributed by atoms with Gasteiger partial charge in [0.1, 0.15) is 11.8 Å². The largest absolute Gasteiger partial charge is 0.467 e. The summed E-state index contributed by atoms with van der Waals surface area (Å²) in [6.07, 6.45) is 1.65. The van der Waals surface area contributed by atoms with Crippen LogP contribution in [0, 0.1) is 0 Å². The van der Waals surface area contributed by atoms with Gasteiger partial charge in [-0.1, -0.05) is 11.6 Å². The lowest BCUT2D eigenvalue weighted by atomic mass is 10.1.